The van der Waals surface area contributed by atoms with E-state index in [0.29, 0.717) is 17.7 Å². The SMILES string of the molecule is CCC(Sc1cccc(NC(=O)/C(=C/c2ccsc2)NC(=O)c2ccccc2)c1)C(=O)Nc1cccc2ccccc12. The van der Waals surface area contributed by atoms with Gasteiger partial charge < -0.3 is 16.0 Å². The lowest BCUT2D eigenvalue weighted by Crippen LogP contribution is -2.30. The topological polar surface area (TPSA) is 87.3 Å². The first-order valence-electron chi connectivity index (χ1n) is 13.5. The summed E-state index contributed by atoms with van der Waals surface area (Å²) in [5.74, 6) is -0.911. The molecular formula is C34H29N3O3S2. The Kier molecular flexibility index (Phi) is 9.48. The number of thioether (sulfide) groups is 1. The Morgan fingerprint density at radius 1 is 0.857 bits per heavy atom. The Labute approximate surface area is 252 Å². The van der Waals surface area contributed by atoms with Gasteiger partial charge in [-0.25, -0.2) is 0 Å². The van der Waals surface area contributed by atoms with Crippen LogP contribution in [0.1, 0.15) is 29.3 Å². The molecule has 0 saturated carbocycles. The summed E-state index contributed by atoms with van der Waals surface area (Å²) in [6.07, 6.45) is 2.27. The summed E-state index contributed by atoms with van der Waals surface area (Å²) in [5, 5.41) is 14.3. The van der Waals surface area contributed by atoms with Gasteiger partial charge in [0.25, 0.3) is 11.8 Å². The van der Waals surface area contributed by atoms with Crippen molar-refractivity contribution in [2.45, 2.75) is 23.5 Å². The lowest BCUT2D eigenvalue weighted by molar-refractivity contribution is -0.116. The molecule has 0 saturated heterocycles. The molecule has 0 aliphatic heterocycles. The first-order valence-corrected chi connectivity index (χ1v) is 15.3. The molecule has 5 aromatic rings. The van der Waals surface area contributed by atoms with Crippen LogP contribution in [0.3, 0.4) is 0 Å². The van der Waals surface area contributed by atoms with Crippen LogP contribution in [0.25, 0.3) is 16.8 Å². The number of hydrogen-bond donors (Lipinski definition) is 3. The molecule has 8 heteroatoms. The molecule has 6 nitrogen and oxygen atoms in total. The van der Waals surface area contributed by atoms with Crippen LogP contribution in [0.5, 0.6) is 0 Å². The molecule has 0 bridgehead atoms. The van der Waals surface area contributed by atoms with E-state index in [1.807, 2.05) is 90.5 Å². The predicted octanol–water partition coefficient (Wildman–Crippen LogP) is 7.82. The van der Waals surface area contributed by atoms with Crippen molar-refractivity contribution >= 4 is 69.0 Å². The molecule has 1 heterocycles. The van der Waals surface area contributed by atoms with Crippen LogP contribution in [-0.2, 0) is 9.59 Å². The number of thiophene rings is 1. The third kappa shape index (κ3) is 7.34. The summed E-state index contributed by atoms with van der Waals surface area (Å²) in [4.78, 5) is 40.3. The fourth-order valence-electron chi connectivity index (χ4n) is 4.35. The van der Waals surface area contributed by atoms with Crippen molar-refractivity contribution < 1.29 is 14.4 Å². The number of carbonyl (C=O) groups is 3. The highest BCUT2D eigenvalue weighted by Crippen LogP contribution is 2.30. The highest BCUT2D eigenvalue weighted by molar-refractivity contribution is 8.00. The Balaban J connectivity index is 1.29. The summed E-state index contributed by atoms with van der Waals surface area (Å²) in [6, 6.07) is 31.8. The smallest absolute Gasteiger partial charge is 0.272 e. The normalized spacial score (nSPS) is 12.0. The van der Waals surface area contributed by atoms with E-state index in [-0.39, 0.29) is 22.8 Å². The number of hydrogen-bond acceptors (Lipinski definition) is 5. The van der Waals surface area contributed by atoms with Crippen molar-refractivity contribution in [1.82, 2.24) is 5.32 Å². The van der Waals surface area contributed by atoms with Gasteiger partial charge in [-0.1, -0.05) is 67.6 Å². The van der Waals surface area contributed by atoms with Gasteiger partial charge in [0.1, 0.15) is 5.70 Å². The summed E-state index contributed by atoms with van der Waals surface area (Å²) < 4.78 is 0. The standard InChI is InChI=1S/C34H29N3O3S2/c1-2-31(34(40)36-29-17-8-13-24-10-6-7-16-28(24)29)42-27-15-9-14-26(21-27)35-33(39)30(20-23-18-19-41-22-23)37-32(38)25-11-4-3-5-12-25/h3-22,31H,2H2,1H3,(H,35,39)(H,36,40)(H,37,38)/b30-20-. The minimum absolute atomic E-state index is 0.0853. The van der Waals surface area contributed by atoms with Crippen LogP contribution in [0.4, 0.5) is 11.4 Å². The van der Waals surface area contributed by atoms with E-state index in [1.165, 1.54) is 23.1 Å². The van der Waals surface area contributed by atoms with E-state index in [9.17, 15) is 14.4 Å². The molecule has 4 aromatic carbocycles. The minimum Gasteiger partial charge on any atom is -0.325 e. The fourth-order valence-corrected chi connectivity index (χ4v) is 5.98. The summed E-state index contributed by atoms with van der Waals surface area (Å²) in [5.41, 5.74) is 2.72. The molecule has 3 amide bonds. The van der Waals surface area contributed by atoms with Crippen LogP contribution in [0.2, 0.25) is 0 Å². The zero-order valence-corrected chi connectivity index (χ0v) is 24.5. The van der Waals surface area contributed by atoms with Crippen LogP contribution in [0.15, 0.2) is 124 Å². The third-order valence-corrected chi connectivity index (χ3v) is 8.52. The maximum absolute atomic E-state index is 13.4. The number of rotatable bonds is 10. The Bertz CT molecular complexity index is 1730. The first kappa shape index (κ1) is 28.9. The molecule has 1 atom stereocenters. The summed E-state index contributed by atoms with van der Waals surface area (Å²) >= 11 is 2.94. The molecule has 3 N–H and O–H groups in total. The summed E-state index contributed by atoms with van der Waals surface area (Å²) in [7, 11) is 0. The summed E-state index contributed by atoms with van der Waals surface area (Å²) in [6.45, 7) is 1.98. The van der Waals surface area contributed by atoms with Gasteiger partial charge in [-0.2, -0.15) is 11.3 Å². The van der Waals surface area contributed by atoms with Crippen molar-refractivity contribution in [2.75, 3.05) is 10.6 Å². The second-order valence-corrected chi connectivity index (χ2v) is 11.5. The minimum atomic E-state index is -0.451. The lowest BCUT2D eigenvalue weighted by Gasteiger charge is -2.17. The maximum Gasteiger partial charge on any atom is 0.272 e. The van der Waals surface area contributed by atoms with Crippen LogP contribution >= 0.6 is 23.1 Å². The van der Waals surface area contributed by atoms with Gasteiger partial charge in [-0.15, -0.1) is 11.8 Å². The highest BCUT2D eigenvalue weighted by Gasteiger charge is 2.20. The predicted molar refractivity (Wildman–Crippen MR) is 174 cm³/mol. The molecule has 210 valence electrons. The second kappa shape index (κ2) is 13.8. The van der Waals surface area contributed by atoms with Gasteiger partial charge in [0, 0.05) is 27.2 Å². The lowest BCUT2D eigenvalue weighted by atomic mass is 10.1. The number of fused-ring (bicyclic) bond motifs is 1. The first-order chi connectivity index (χ1) is 20.5. The average molecular weight is 592 g/mol. The number of nitrogens with one attached hydrogen (secondary N) is 3. The molecule has 5 rings (SSSR count). The molecule has 0 fully saturated rings. The van der Waals surface area contributed by atoms with Gasteiger partial charge in [0.05, 0.1) is 5.25 Å². The van der Waals surface area contributed by atoms with Crippen molar-refractivity contribution in [3.8, 4) is 0 Å². The average Bonchev–Trinajstić information content (AvgIpc) is 3.53. The van der Waals surface area contributed by atoms with Gasteiger partial charge in [0.15, 0.2) is 0 Å². The largest absolute Gasteiger partial charge is 0.325 e. The van der Waals surface area contributed by atoms with Gasteiger partial charge >= 0.3 is 0 Å². The number of amides is 3. The molecule has 0 aliphatic carbocycles. The molecule has 0 spiro atoms. The van der Waals surface area contributed by atoms with Gasteiger partial charge in [-0.3, -0.25) is 14.4 Å². The van der Waals surface area contributed by atoms with E-state index in [4.69, 9.17) is 0 Å². The monoisotopic (exact) mass is 591 g/mol. The number of benzene rings is 4. The van der Waals surface area contributed by atoms with E-state index < -0.39 is 5.91 Å². The quantitative estimate of drug-likeness (QED) is 0.114. The van der Waals surface area contributed by atoms with Crippen LogP contribution in [-0.4, -0.2) is 23.0 Å². The van der Waals surface area contributed by atoms with Gasteiger partial charge in [0.2, 0.25) is 5.91 Å². The zero-order valence-electron chi connectivity index (χ0n) is 22.9. The fraction of sp³-hybridized carbons (Fsp3) is 0.0882. The van der Waals surface area contributed by atoms with Crippen LogP contribution < -0.4 is 16.0 Å². The molecule has 42 heavy (non-hydrogen) atoms. The second-order valence-electron chi connectivity index (χ2n) is 9.45. The van der Waals surface area contributed by atoms with Crippen molar-refractivity contribution in [2.24, 2.45) is 0 Å². The van der Waals surface area contributed by atoms with Crippen LogP contribution in [0, 0.1) is 0 Å². The Morgan fingerprint density at radius 3 is 2.40 bits per heavy atom. The van der Waals surface area contributed by atoms with Crippen molar-refractivity contribution in [1.29, 1.82) is 0 Å². The Morgan fingerprint density at radius 2 is 1.62 bits per heavy atom. The number of carbonyl (C=O) groups excluding carboxylic acids is 3. The van der Waals surface area contributed by atoms with Crippen molar-refractivity contribution in [3.63, 3.8) is 0 Å². The third-order valence-electron chi connectivity index (χ3n) is 6.46. The highest BCUT2D eigenvalue weighted by atomic mass is 32.2. The Hall–Kier alpha value is -4.66. The van der Waals surface area contributed by atoms with Gasteiger partial charge in [-0.05, 0) is 76.7 Å². The van der Waals surface area contributed by atoms with E-state index in [2.05, 4.69) is 16.0 Å². The number of anilines is 2. The molecule has 1 aromatic heterocycles. The van der Waals surface area contributed by atoms with Crippen molar-refractivity contribution in [3.05, 3.63) is 131 Å². The molecule has 1 unspecified atom stereocenters. The molecule has 0 aliphatic rings. The zero-order chi connectivity index (χ0) is 29.3. The molecular weight excluding hydrogens is 563 g/mol. The maximum atomic E-state index is 13.4. The van der Waals surface area contributed by atoms with E-state index in [0.717, 1.165) is 26.9 Å². The van der Waals surface area contributed by atoms with E-state index >= 15 is 0 Å². The molecule has 0 radical (unpaired) electrons. The van der Waals surface area contributed by atoms with E-state index in [1.54, 1.807) is 36.4 Å².